The van der Waals surface area contributed by atoms with Gasteiger partial charge in [0.2, 0.25) is 5.75 Å². The number of ether oxygens (including phenoxy) is 4. The highest BCUT2D eigenvalue weighted by atomic mass is 16.6. The average Bonchev–Trinajstić information content (AvgIpc) is 3.05. The Morgan fingerprint density at radius 1 is 1.20 bits per heavy atom. The van der Waals surface area contributed by atoms with Crippen molar-refractivity contribution in [1.29, 1.82) is 0 Å². The molecule has 0 saturated carbocycles. The molecule has 0 bridgehead atoms. The molecular formula is C16H20N4O5. The molecule has 9 nitrogen and oxygen atoms in total. The van der Waals surface area contributed by atoms with Crippen LogP contribution in [0.5, 0.6) is 17.2 Å². The number of hydrogen-bond donors (Lipinski definition) is 1. The first kappa shape index (κ1) is 16.9. The highest BCUT2D eigenvalue weighted by Crippen LogP contribution is 2.43. The van der Waals surface area contributed by atoms with Crippen LogP contribution in [0.15, 0.2) is 12.4 Å². The van der Waals surface area contributed by atoms with Crippen molar-refractivity contribution in [3.8, 4) is 17.2 Å². The normalized spacial score (nSPS) is 13.7. The number of anilines is 1. The van der Waals surface area contributed by atoms with Crippen LogP contribution in [0.1, 0.15) is 0 Å². The van der Waals surface area contributed by atoms with Crippen molar-refractivity contribution in [1.82, 2.24) is 14.9 Å². The Kier molecular flexibility index (Phi) is 4.92. The molecule has 134 valence electrons. The van der Waals surface area contributed by atoms with Crippen molar-refractivity contribution in [3.05, 3.63) is 12.4 Å². The van der Waals surface area contributed by atoms with Gasteiger partial charge in [-0.3, -0.25) is 0 Å². The van der Waals surface area contributed by atoms with Crippen molar-refractivity contribution in [2.45, 2.75) is 0 Å². The molecule has 25 heavy (non-hydrogen) atoms. The number of methoxy groups -OCH3 is 3. The maximum atomic E-state index is 11.5. The first-order valence-corrected chi connectivity index (χ1v) is 7.78. The molecule has 1 amide bonds. The van der Waals surface area contributed by atoms with Crippen molar-refractivity contribution >= 4 is 22.8 Å². The number of cyclic esters (lactones) is 1. The molecular weight excluding hydrogens is 328 g/mol. The van der Waals surface area contributed by atoms with Crippen molar-refractivity contribution < 1.29 is 23.7 Å². The van der Waals surface area contributed by atoms with E-state index in [2.05, 4.69) is 15.3 Å². The number of nitrogens with zero attached hydrogens (tertiary/aromatic N) is 3. The molecule has 2 aromatic rings. The van der Waals surface area contributed by atoms with Gasteiger partial charge in [-0.2, -0.15) is 0 Å². The van der Waals surface area contributed by atoms with Crippen LogP contribution < -0.4 is 19.5 Å². The number of rotatable bonds is 7. The summed E-state index contributed by atoms with van der Waals surface area (Å²) in [5.41, 5.74) is 0.609. The Labute approximate surface area is 144 Å². The second-order valence-corrected chi connectivity index (χ2v) is 5.29. The summed E-state index contributed by atoms with van der Waals surface area (Å²) < 4.78 is 21.1. The largest absolute Gasteiger partial charge is 0.493 e. The lowest BCUT2D eigenvalue weighted by atomic mass is 10.2. The van der Waals surface area contributed by atoms with Crippen LogP contribution in [0.3, 0.4) is 0 Å². The van der Waals surface area contributed by atoms with E-state index >= 15 is 0 Å². The summed E-state index contributed by atoms with van der Waals surface area (Å²) in [5, 5.41) is 3.96. The number of amides is 1. The van der Waals surface area contributed by atoms with Crippen LogP contribution in [0, 0.1) is 0 Å². The highest BCUT2D eigenvalue weighted by Gasteiger charge is 2.22. The fourth-order valence-electron chi connectivity index (χ4n) is 2.74. The van der Waals surface area contributed by atoms with Gasteiger partial charge >= 0.3 is 6.09 Å². The minimum atomic E-state index is -0.289. The predicted octanol–water partition coefficient (Wildman–Crippen LogP) is 1.52. The van der Waals surface area contributed by atoms with E-state index < -0.39 is 0 Å². The van der Waals surface area contributed by atoms with Gasteiger partial charge in [-0.25, -0.2) is 14.8 Å². The Bertz CT molecular complexity index is 783. The molecule has 1 N–H and O–H groups in total. The van der Waals surface area contributed by atoms with Crippen molar-refractivity contribution in [2.75, 3.05) is 52.9 Å². The Morgan fingerprint density at radius 2 is 2.00 bits per heavy atom. The van der Waals surface area contributed by atoms with Crippen LogP contribution in [-0.2, 0) is 4.74 Å². The molecule has 1 aromatic carbocycles. The molecule has 1 aromatic heterocycles. The van der Waals surface area contributed by atoms with E-state index in [-0.39, 0.29) is 6.09 Å². The lowest BCUT2D eigenvalue weighted by Crippen LogP contribution is -2.29. The molecule has 3 rings (SSSR count). The van der Waals surface area contributed by atoms with Gasteiger partial charge < -0.3 is 29.2 Å². The number of aromatic nitrogens is 2. The van der Waals surface area contributed by atoms with Crippen LogP contribution in [0.2, 0.25) is 0 Å². The van der Waals surface area contributed by atoms with Crippen LogP contribution in [-0.4, -0.2) is 68.5 Å². The van der Waals surface area contributed by atoms with Gasteiger partial charge in [0.05, 0.1) is 33.3 Å². The molecule has 2 heterocycles. The number of carbonyl (C=O) groups is 1. The van der Waals surface area contributed by atoms with Crippen LogP contribution in [0.4, 0.5) is 10.6 Å². The SMILES string of the molecule is COc1cc2c(NCCN3CCOC3=O)ncnc2c(OC)c1OC. The number of carbonyl (C=O) groups excluding carboxylic acids is 1. The zero-order valence-corrected chi connectivity index (χ0v) is 14.4. The van der Waals surface area contributed by atoms with Crippen molar-refractivity contribution in [3.63, 3.8) is 0 Å². The number of fused-ring (bicyclic) bond motifs is 1. The van der Waals surface area contributed by atoms with Gasteiger partial charge in [-0.05, 0) is 6.07 Å². The molecule has 1 fully saturated rings. The third-order valence-electron chi connectivity index (χ3n) is 3.95. The maximum absolute atomic E-state index is 11.5. The Morgan fingerprint density at radius 3 is 2.64 bits per heavy atom. The second kappa shape index (κ2) is 7.29. The third kappa shape index (κ3) is 3.17. The molecule has 1 saturated heterocycles. The number of nitrogens with one attached hydrogen (secondary N) is 1. The van der Waals surface area contributed by atoms with E-state index in [1.54, 1.807) is 32.3 Å². The summed E-state index contributed by atoms with van der Waals surface area (Å²) in [4.78, 5) is 21.7. The lowest BCUT2D eigenvalue weighted by Gasteiger charge is -2.17. The fraction of sp³-hybridized carbons (Fsp3) is 0.438. The zero-order valence-electron chi connectivity index (χ0n) is 14.4. The molecule has 0 aliphatic carbocycles. The summed E-state index contributed by atoms with van der Waals surface area (Å²) in [6.45, 7) is 2.08. The topological polar surface area (TPSA) is 95.0 Å². The first-order chi connectivity index (χ1) is 12.2. The minimum Gasteiger partial charge on any atom is -0.493 e. The first-order valence-electron chi connectivity index (χ1n) is 7.78. The highest BCUT2D eigenvalue weighted by molar-refractivity contribution is 5.96. The average molecular weight is 348 g/mol. The molecule has 1 aliphatic heterocycles. The molecule has 0 atom stereocenters. The van der Waals surface area contributed by atoms with Gasteiger partial charge in [-0.15, -0.1) is 0 Å². The maximum Gasteiger partial charge on any atom is 0.409 e. The van der Waals surface area contributed by atoms with Gasteiger partial charge in [0.25, 0.3) is 0 Å². The standard InChI is InChI=1S/C16H20N4O5/c1-22-11-8-10-12(14(24-3)13(11)23-2)18-9-19-15(10)17-4-5-20-6-7-25-16(20)21/h8-9H,4-7H2,1-3H3,(H,17,18,19). The van der Waals surface area contributed by atoms with E-state index in [4.69, 9.17) is 18.9 Å². The third-order valence-corrected chi connectivity index (χ3v) is 3.95. The minimum absolute atomic E-state index is 0.289. The van der Waals surface area contributed by atoms with E-state index in [1.165, 1.54) is 6.33 Å². The van der Waals surface area contributed by atoms with Gasteiger partial charge in [-0.1, -0.05) is 0 Å². The quantitative estimate of drug-likeness (QED) is 0.805. The molecule has 1 aliphatic rings. The lowest BCUT2D eigenvalue weighted by molar-refractivity contribution is 0.159. The number of benzene rings is 1. The Hall–Kier alpha value is -2.97. The molecule has 0 radical (unpaired) electrons. The van der Waals surface area contributed by atoms with E-state index in [1.807, 2.05) is 0 Å². The van der Waals surface area contributed by atoms with Gasteiger partial charge in [0.15, 0.2) is 11.5 Å². The van der Waals surface area contributed by atoms with E-state index in [0.29, 0.717) is 54.8 Å². The fourth-order valence-corrected chi connectivity index (χ4v) is 2.74. The van der Waals surface area contributed by atoms with Crippen molar-refractivity contribution in [2.24, 2.45) is 0 Å². The molecule has 0 spiro atoms. The van der Waals surface area contributed by atoms with E-state index in [9.17, 15) is 4.79 Å². The monoisotopic (exact) mass is 348 g/mol. The summed E-state index contributed by atoms with van der Waals surface area (Å²) >= 11 is 0. The smallest absolute Gasteiger partial charge is 0.409 e. The summed E-state index contributed by atoms with van der Waals surface area (Å²) in [5.74, 6) is 2.09. The zero-order chi connectivity index (χ0) is 17.8. The van der Waals surface area contributed by atoms with Gasteiger partial charge in [0.1, 0.15) is 24.3 Å². The summed E-state index contributed by atoms with van der Waals surface area (Å²) in [6.07, 6.45) is 1.16. The second-order valence-electron chi connectivity index (χ2n) is 5.29. The van der Waals surface area contributed by atoms with Crippen LogP contribution in [0.25, 0.3) is 10.9 Å². The molecule has 0 unspecified atom stereocenters. The predicted molar refractivity (Wildman–Crippen MR) is 90.6 cm³/mol. The van der Waals surface area contributed by atoms with E-state index in [0.717, 1.165) is 5.39 Å². The summed E-state index contributed by atoms with van der Waals surface area (Å²) in [7, 11) is 4.64. The molecule has 9 heteroatoms. The summed E-state index contributed by atoms with van der Waals surface area (Å²) in [6, 6.07) is 1.79. The van der Waals surface area contributed by atoms with Crippen LogP contribution >= 0.6 is 0 Å². The number of hydrogen-bond acceptors (Lipinski definition) is 8. The van der Waals surface area contributed by atoms with Gasteiger partial charge in [0, 0.05) is 13.1 Å². The Balaban J connectivity index is 1.89.